The minimum Gasteiger partial charge on any atom is -0.490 e. The number of rotatable bonds is 9. The van der Waals surface area contributed by atoms with E-state index in [1.54, 1.807) is 6.20 Å². The molecule has 0 unspecified atom stereocenters. The molecule has 1 fully saturated rings. The molecular weight excluding hydrogens is 462 g/mol. The van der Waals surface area contributed by atoms with Gasteiger partial charge in [-0.15, -0.1) is 0 Å². The van der Waals surface area contributed by atoms with Crippen LogP contribution in [0.3, 0.4) is 0 Å². The van der Waals surface area contributed by atoms with Crippen LogP contribution in [0.15, 0.2) is 101 Å². The molecule has 0 radical (unpaired) electrons. The first-order chi connectivity index (χ1) is 18.1. The van der Waals surface area contributed by atoms with Gasteiger partial charge >= 0.3 is 0 Å². The number of benzene rings is 2. The van der Waals surface area contributed by atoms with Gasteiger partial charge in [-0.2, -0.15) is 0 Å². The van der Waals surface area contributed by atoms with Gasteiger partial charge in [0.15, 0.2) is 0 Å². The maximum absolute atomic E-state index is 11.8. The standard InChI is InChI=1S/C30H33N5O2/c1-4-29(36)34-25-9-5-7-22(19-25)28-10-6-8-23(20-31-2)30(28)33-21-32-24-11-13-26(14-12-24)37-27-15-17-35(3)18-16-27/h4-14,19-20,27,32H,1-2,15-18,21H2,3H3,(H,34,36)/b23-20-,33-30?. The number of anilines is 2. The summed E-state index contributed by atoms with van der Waals surface area (Å²) in [4.78, 5) is 22.9. The fraction of sp³-hybridized carbons (Fsp3) is 0.233. The molecule has 0 bridgehead atoms. The van der Waals surface area contributed by atoms with Crippen LogP contribution in [0, 0.1) is 0 Å². The number of likely N-dealkylation sites (tertiary alicyclic amines) is 1. The summed E-state index contributed by atoms with van der Waals surface area (Å²) in [5, 5.41) is 6.17. The lowest BCUT2D eigenvalue weighted by Crippen LogP contribution is -2.35. The summed E-state index contributed by atoms with van der Waals surface area (Å²) in [6.07, 6.45) is 11.2. The van der Waals surface area contributed by atoms with E-state index in [1.807, 2.05) is 66.8 Å². The molecule has 1 aliphatic heterocycles. The highest BCUT2D eigenvalue weighted by Crippen LogP contribution is 2.27. The largest absolute Gasteiger partial charge is 0.490 e. The van der Waals surface area contributed by atoms with E-state index in [0.717, 1.165) is 59.8 Å². The predicted molar refractivity (Wildman–Crippen MR) is 154 cm³/mol. The summed E-state index contributed by atoms with van der Waals surface area (Å²) in [6.45, 7) is 9.63. The highest BCUT2D eigenvalue weighted by atomic mass is 16.5. The molecule has 0 atom stereocenters. The van der Waals surface area contributed by atoms with Gasteiger partial charge in [0.05, 0.1) is 5.71 Å². The van der Waals surface area contributed by atoms with Crippen molar-refractivity contribution in [3.8, 4) is 5.75 Å². The van der Waals surface area contributed by atoms with Gasteiger partial charge in [-0.25, -0.2) is 0 Å². The van der Waals surface area contributed by atoms with Gasteiger partial charge in [0, 0.05) is 41.8 Å². The van der Waals surface area contributed by atoms with Crippen LogP contribution in [-0.2, 0) is 4.79 Å². The first-order valence-electron chi connectivity index (χ1n) is 12.4. The molecule has 2 aliphatic rings. The minimum atomic E-state index is -0.257. The Kier molecular flexibility index (Phi) is 8.84. The van der Waals surface area contributed by atoms with Crippen molar-refractivity contribution in [3.63, 3.8) is 0 Å². The molecule has 0 aromatic heterocycles. The van der Waals surface area contributed by atoms with Gasteiger partial charge in [0.2, 0.25) is 5.91 Å². The Hall–Kier alpha value is -4.23. The second-order valence-corrected chi connectivity index (χ2v) is 8.97. The van der Waals surface area contributed by atoms with Crippen molar-refractivity contribution < 1.29 is 9.53 Å². The first-order valence-corrected chi connectivity index (χ1v) is 12.4. The Morgan fingerprint density at radius 2 is 1.95 bits per heavy atom. The third-order valence-corrected chi connectivity index (χ3v) is 6.27. The fourth-order valence-corrected chi connectivity index (χ4v) is 4.29. The van der Waals surface area contributed by atoms with Crippen LogP contribution in [0.4, 0.5) is 11.4 Å². The first kappa shape index (κ1) is 25.9. The Balaban J connectivity index is 1.45. The lowest BCUT2D eigenvalue weighted by molar-refractivity contribution is -0.111. The third kappa shape index (κ3) is 7.15. The monoisotopic (exact) mass is 495 g/mol. The number of aliphatic imine (C=N–C) groups is 2. The van der Waals surface area contributed by atoms with E-state index >= 15 is 0 Å². The third-order valence-electron chi connectivity index (χ3n) is 6.27. The number of hydrogen-bond acceptors (Lipinski definition) is 6. The van der Waals surface area contributed by atoms with Crippen molar-refractivity contribution in [1.29, 1.82) is 0 Å². The Labute approximate surface area is 218 Å². The maximum Gasteiger partial charge on any atom is 0.247 e. The molecule has 2 aromatic carbocycles. The van der Waals surface area contributed by atoms with Gasteiger partial charge < -0.3 is 20.3 Å². The molecule has 1 amide bonds. The zero-order valence-electron chi connectivity index (χ0n) is 21.2. The molecule has 0 spiro atoms. The summed E-state index contributed by atoms with van der Waals surface area (Å²) in [7, 11) is 2.15. The Morgan fingerprint density at radius 3 is 2.68 bits per heavy atom. The minimum absolute atomic E-state index is 0.257. The average Bonchev–Trinajstić information content (AvgIpc) is 2.92. The van der Waals surface area contributed by atoms with Crippen LogP contribution in [0.1, 0.15) is 18.4 Å². The number of carbonyl (C=O) groups excluding carboxylic acids is 1. The molecule has 1 saturated heterocycles. The van der Waals surface area contributed by atoms with Gasteiger partial charge in [-0.1, -0.05) is 36.9 Å². The van der Waals surface area contributed by atoms with Crippen molar-refractivity contribution in [2.45, 2.75) is 18.9 Å². The second-order valence-electron chi connectivity index (χ2n) is 8.97. The van der Waals surface area contributed by atoms with E-state index in [0.29, 0.717) is 12.4 Å². The highest BCUT2D eigenvalue weighted by molar-refractivity contribution is 6.34. The van der Waals surface area contributed by atoms with Gasteiger partial charge in [0.1, 0.15) is 18.5 Å². The van der Waals surface area contributed by atoms with E-state index in [-0.39, 0.29) is 12.0 Å². The Morgan fingerprint density at radius 1 is 1.16 bits per heavy atom. The van der Waals surface area contributed by atoms with Crippen molar-refractivity contribution in [1.82, 2.24) is 4.90 Å². The molecule has 7 nitrogen and oxygen atoms in total. The smallest absolute Gasteiger partial charge is 0.247 e. The molecule has 1 heterocycles. The van der Waals surface area contributed by atoms with Gasteiger partial charge in [-0.05, 0) is 74.6 Å². The van der Waals surface area contributed by atoms with Gasteiger partial charge in [0.25, 0.3) is 0 Å². The summed E-state index contributed by atoms with van der Waals surface area (Å²) in [5.41, 5.74) is 5.14. The van der Waals surface area contributed by atoms with Crippen molar-refractivity contribution in [2.24, 2.45) is 9.98 Å². The molecule has 190 valence electrons. The molecule has 2 N–H and O–H groups in total. The van der Waals surface area contributed by atoms with E-state index in [9.17, 15) is 4.79 Å². The maximum atomic E-state index is 11.8. The SMILES string of the molecule is C=CC(=O)Nc1cccc(C2=CC=C/C(=C/N=C)C2=NCNc2ccc(OC3CCN(C)CC3)cc2)c1. The van der Waals surface area contributed by atoms with Crippen LogP contribution in [0.25, 0.3) is 5.57 Å². The van der Waals surface area contributed by atoms with Crippen LogP contribution in [-0.4, -0.2) is 56.1 Å². The normalized spacial score (nSPS) is 18.4. The molecule has 37 heavy (non-hydrogen) atoms. The molecule has 0 saturated carbocycles. The van der Waals surface area contributed by atoms with Crippen LogP contribution < -0.4 is 15.4 Å². The summed E-state index contributed by atoms with van der Waals surface area (Å²) in [5.74, 6) is 0.631. The number of carbonyl (C=O) groups is 1. The number of amides is 1. The summed E-state index contributed by atoms with van der Waals surface area (Å²) >= 11 is 0. The lowest BCUT2D eigenvalue weighted by atomic mass is 9.92. The summed E-state index contributed by atoms with van der Waals surface area (Å²) in [6, 6.07) is 15.7. The number of ether oxygens (including phenoxy) is 1. The van der Waals surface area contributed by atoms with Crippen molar-refractivity contribution in [3.05, 3.63) is 96.8 Å². The van der Waals surface area contributed by atoms with Crippen LogP contribution >= 0.6 is 0 Å². The molecule has 4 rings (SSSR count). The quantitative estimate of drug-likeness (QED) is 0.364. The molecule has 1 aliphatic carbocycles. The summed E-state index contributed by atoms with van der Waals surface area (Å²) < 4.78 is 6.15. The molecule has 2 aromatic rings. The van der Waals surface area contributed by atoms with E-state index < -0.39 is 0 Å². The topological polar surface area (TPSA) is 78.3 Å². The lowest BCUT2D eigenvalue weighted by Gasteiger charge is -2.29. The predicted octanol–water partition coefficient (Wildman–Crippen LogP) is 5.33. The zero-order chi connectivity index (χ0) is 26.0. The average molecular weight is 496 g/mol. The van der Waals surface area contributed by atoms with Crippen molar-refractivity contribution >= 4 is 35.3 Å². The van der Waals surface area contributed by atoms with E-state index in [2.05, 4.69) is 40.9 Å². The van der Waals surface area contributed by atoms with Crippen LogP contribution in [0.5, 0.6) is 5.75 Å². The van der Waals surface area contributed by atoms with Gasteiger partial charge in [-0.3, -0.25) is 14.8 Å². The van der Waals surface area contributed by atoms with E-state index in [1.165, 1.54) is 6.08 Å². The van der Waals surface area contributed by atoms with Crippen molar-refractivity contribution in [2.75, 3.05) is 37.4 Å². The molecule has 7 heteroatoms. The molecular formula is C30H33N5O2. The van der Waals surface area contributed by atoms with Crippen LogP contribution in [0.2, 0.25) is 0 Å². The second kappa shape index (κ2) is 12.6. The highest BCUT2D eigenvalue weighted by Gasteiger charge is 2.18. The Bertz CT molecular complexity index is 1250. The number of nitrogens with one attached hydrogen (secondary N) is 2. The number of piperidine rings is 1. The fourth-order valence-electron chi connectivity index (χ4n) is 4.29. The zero-order valence-corrected chi connectivity index (χ0v) is 21.2. The van der Waals surface area contributed by atoms with E-state index in [4.69, 9.17) is 9.73 Å². The number of allylic oxidation sites excluding steroid dienone is 5. The number of nitrogens with zero attached hydrogens (tertiary/aromatic N) is 3. The number of hydrogen-bond donors (Lipinski definition) is 2.